The molecule has 3 rings (SSSR count). The number of benzene rings is 2. The minimum Gasteiger partial charge on any atom is -0.384 e. The zero-order chi connectivity index (χ0) is 18.0. The molecule has 0 fully saturated rings. The summed E-state index contributed by atoms with van der Waals surface area (Å²) in [7, 11) is -4.04. The number of rotatable bonds is 5. The summed E-state index contributed by atoms with van der Waals surface area (Å²) in [5.74, 6) is -0.609. The van der Waals surface area contributed by atoms with Crippen LogP contribution in [0.5, 0.6) is 0 Å². The fraction of sp³-hybridized carbons (Fsp3) is 0.133. The van der Waals surface area contributed by atoms with Gasteiger partial charge in [0.1, 0.15) is 0 Å². The van der Waals surface area contributed by atoms with E-state index in [4.69, 9.17) is 0 Å². The zero-order valence-electron chi connectivity index (χ0n) is 12.9. The zero-order valence-corrected chi connectivity index (χ0v) is 13.7. The minimum absolute atomic E-state index is 0.200. The summed E-state index contributed by atoms with van der Waals surface area (Å²) in [6.07, 6.45) is 0.879. The van der Waals surface area contributed by atoms with Crippen molar-refractivity contribution in [1.29, 1.82) is 0 Å². The van der Waals surface area contributed by atoms with Gasteiger partial charge in [-0.05, 0) is 36.2 Å². The third-order valence-corrected chi connectivity index (χ3v) is 5.00. The Kier molecular flexibility index (Phi) is 4.38. The molecule has 1 heterocycles. The summed E-state index contributed by atoms with van der Waals surface area (Å²) < 4.78 is 24.3. The summed E-state index contributed by atoms with van der Waals surface area (Å²) in [4.78, 5) is 23.8. The Labute approximate surface area is 143 Å². The van der Waals surface area contributed by atoms with E-state index in [2.05, 4.69) is 10.7 Å². The van der Waals surface area contributed by atoms with Crippen molar-refractivity contribution in [2.24, 2.45) is 0 Å². The molecule has 0 radical (unpaired) electrons. The summed E-state index contributed by atoms with van der Waals surface area (Å²) in [5, 5.41) is 13.7. The maximum atomic E-state index is 12.1. The number of sulfonamides is 1. The predicted octanol–water partition coefficient (Wildman–Crippen LogP) is 1.19. The van der Waals surface area contributed by atoms with Gasteiger partial charge in [-0.15, -0.1) is 4.83 Å². The first-order valence-electron chi connectivity index (χ1n) is 7.30. The molecule has 0 aliphatic carbocycles. The molecule has 0 saturated heterocycles. The first-order chi connectivity index (χ1) is 11.9. The number of hydrogen-bond acceptors (Lipinski definition) is 6. The van der Waals surface area contributed by atoms with Crippen LogP contribution >= 0.6 is 0 Å². The van der Waals surface area contributed by atoms with E-state index in [-0.39, 0.29) is 10.6 Å². The Morgan fingerprint density at radius 1 is 1.16 bits per heavy atom. The summed E-state index contributed by atoms with van der Waals surface area (Å²) in [5.41, 5.74) is 4.16. The molecule has 2 aromatic carbocycles. The van der Waals surface area contributed by atoms with Crippen LogP contribution in [0.15, 0.2) is 47.4 Å². The van der Waals surface area contributed by atoms with E-state index in [9.17, 15) is 23.3 Å². The van der Waals surface area contributed by atoms with Crippen molar-refractivity contribution in [3.05, 3.63) is 63.7 Å². The largest absolute Gasteiger partial charge is 0.384 e. The van der Waals surface area contributed by atoms with Crippen LogP contribution in [0.3, 0.4) is 0 Å². The lowest BCUT2D eigenvalue weighted by molar-refractivity contribution is -0.384. The SMILES string of the molecule is O=C(NNS(=O)(=O)c1ccc([N+](=O)[O-])cc1)c1ccc2c(c1)NCC2. The van der Waals surface area contributed by atoms with Crippen LogP contribution in [0, 0.1) is 10.1 Å². The van der Waals surface area contributed by atoms with E-state index in [0.717, 1.165) is 48.5 Å². The van der Waals surface area contributed by atoms with Gasteiger partial charge >= 0.3 is 0 Å². The van der Waals surface area contributed by atoms with Crippen molar-refractivity contribution in [2.75, 3.05) is 11.9 Å². The highest BCUT2D eigenvalue weighted by molar-refractivity contribution is 7.89. The Morgan fingerprint density at radius 3 is 2.56 bits per heavy atom. The number of fused-ring (bicyclic) bond motifs is 1. The van der Waals surface area contributed by atoms with Gasteiger partial charge in [0, 0.05) is 29.9 Å². The Morgan fingerprint density at radius 2 is 1.88 bits per heavy atom. The highest BCUT2D eigenvalue weighted by Gasteiger charge is 2.18. The lowest BCUT2D eigenvalue weighted by atomic mass is 10.1. The molecule has 0 spiro atoms. The molecule has 25 heavy (non-hydrogen) atoms. The molecular weight excluding hydrogens is 348 g/mol. The summed E-state index contributed by atoms with van der Waals surface area (Å²) in [6, 6.07) is 9.40. The first-order valence-corrected chi connectivity index (χ1v) is 8.78. The molecule has 0 bridgehead atoms. The molecule has 2 aromatic rings. The van der Waals surface area contributed by atoms with Gasteiger partial charge in [0.15, 0.2) is 0 Å². The standard InChI is InChI=1S/C15H14N4O5S/c20-15(11-2-1-10-7-8-16-14(10)9-11)17-18-25(23,24)13-5-3-12(4-6-13)19(21)22/h1-6,9,16,18H,7-8H2,(H,17,20). The van der Waals surface area contributed by atoms with Crippen molar-refractivity contribution < 1.29 is 18.1 Å². The Bertz CT molecular complexity index is 941. The van der Waals surface area contributed by atoms with Crippen LogP contribution in [0.25, 0.3) is 0 Å². The van der Waals surface area contributed by atoms with Gasteiger partial charge in [-0.25, -0.2) is 8.42 Å². The number of amides is 1. The van der Waals surface area contributed by atoms with Crippen LogP contribution in [-0.2, 0) is 16.4 Å². The quantitative estimate of drug-likeness (QED) is 0.541. The molecule has 1 amide bonds. The maximum Gasteiger partial charge on any atom is 0.269 e. The van der Waals surface area contributed by atoms with Gasteiger partial charge < -0.3 is 5.32 Å². The van der Waals surface area contributed by atoms with E-state index < -0.39 is 20.9 Å². The smallest absolute Gasteiger partial charge is 0.269 e. The average Bonchev–Trinajstić information content (AvgIpc) is 3.07. The number of non-ortho nitro benzene ring substituents is 1. The van der Waals surface area contributed by atoms with Gasteiger partial charge in [-0.1, -0.05) is 6.07 Å². The number of hydrogen-bond donors (Lipinski definition) is 3. The fourth-order valence-corrected chi connectivity index (χ4v) is 3.26. The lowest BCUT2D eigenvalue weighted by Gasteiger charge is -2.09. The minimum atomic E-state index is -4.04. The maximum absolute atomic E-state index is 12.1. The van der Waals surface area contributed by atoms with Gasteiger partial charge in [-0.3, -0.25) is 20.3 Å². The van der Waals surface area contributed by atoms with Crippen LogP contribution in [-0.4, -0.2) is 25.8 Å². The van der Waals surface area contributed by atoms with Gasteiger partial charge in [0.2, 0.25) is 0 Å². The van der Waals surface area contributed by atoms with E-state index in [1.807, 2.05) is 10.9 Å². The van der Waals surface area contributed by atoms with Crippen molar-refractivity contribution in [2.45, 2.75) is 11.3 Å². The molecular formula is C15H14N4O5S. The van der Waals surface area contributed by atoms with E-state index in [1.54, 1.807) is 12.1 Å². The highest BCUT2D eigenvalue weighted by atomic mass is 32.2. The lowest BCUT2D eigenvalue weighted by Crippen LogP contribution is -2.41. The molecule has 3 N–H and O–H groups in total. The van der Waals surface area contributed by atoms with Crippen molar-refractivity contribution in [3.63, 3.8) is 0 Å². The number of anilines is 1. The summed E-state index contributed by atoms with van der Waals surface area (Å²) in [6.45, 7) is 0.799. The molecule has 9 nitrogen and oxygen atoms in total. The number of nitro benzene ring substituents is 1. The van der Waals surface area contributed by atoms with Crippen molar-refractivity contribution in [3.8, 4) is 0 Å². The third-order valence-electron chi connectivity index (χ3n) is 3.74. The monoisotopic (exact) mass is 362 g/mol. The van der Waals surface area contributed by atoms with E-state index >= 15 is 0 Å². The first kappa shape index (κ1) is 16.9. The number of nitrogens with one attached hydrogen (secondary N) is 3. The van der Waals surface area contributed by atoms with Gasteiger partial charge in [0.25, 0.3) is 21.6 Å². The number of nitrogens with zero attached hydrogens (tertiary/aromatic N) is 1. The Balaban J connectivity index is 1.69. The Hall–Kier alpha value is -2.98. The van der Waals surface area contributed by atoms with Crippen LogP contribution < -0.4 is 15.6 Å². The molecule has 0 saturated carbocycles. The highest BCUT2D eigenvalue weighted by Crippen LogP contribution is 2.23. The number of carbonyl (C=O) groups excluding carboxylic acids is 1. The number of carbonyl (C=O) groups is 1. The average molecular weight is 362 g/mol. The molecule has 10 heteroatoms. The molecule has 1 aliphatic rings. The molecule has 0 atom stereocenters. The van der Waals surface area contributed by atoms with Crippen LogP contribution in [0.4, 0.5) is 11.4 Å². The van der Waals surface area contributed by atoms with Crippen LogP contribution in [0.2, 0.25) is 0 Å². The van der Waals surface area contributed by atoms with E-state index in [1.165, 1.54) is 0 Å². The molecule has 130 valence electrons. The topological polar surface area (TPSA) is 130 Å². The molecule has 1 aliphatic heterocycles. The number of hydrazine groups is 1. The normalized spacial score (nSPS) is 13.0. The predicted molar refractivity (Wildman–Crippen MR) is 89.5 cm³/mol. The number of nitro groups is 1. The van der Waals surface area contributed by atoms with Gasteiger partial charge in [0.05, 0.1) is 9.82 Å². The van der Waals surface area contributed by atoms with Crippen molar-refractivity contribution >= 4 is 27.3 Å². The van der Waals surface area contributed by atoms with Crippen molar-refractivity contribution in [1.82, 2.24) is 10.3 Å². The molecule has 0 unspecified atom stereocenters. The van der Waals surface area contributed by atoms with Crippen LogP contribution in [0.1, 0.15) is 15.9 Å². The third kappa shape index (κ3) is 3.59. The second-order valence-corrected chi connectivity index (χ2v) is 7.04. The summed E-state index contributed by atoms with van der Waals surface area (Å²) >= 11 is 0. The second-order valence-electron chi connectivity index (χ2n) is 5.36. The molecule has 0 aromatic heterocycles. The van der Waals surface area contributed by atoms with Gasteiger partial charge in [-0.2, -0.15) is 0 Å². The fourth-order valence-electron chi connectivity index (χ4n) is 2.42. The second kappa shape index (κ2) is 6.49. The van der Waals surface area contributed by atoms with E-state index in [0.29, 0.717) is 5.56 Å².